The highest BCUT2D eigenvalue weighted by Gasteiger charge is 2.30. The fourth-order valence-corrected chi connectivity index (χ4v) is 3.72. The summed E-state index contributed by atoms with van der Waals surface area (Å²) in [5.74, 6) is -0.404. The van der Waals surface area contributed by atoms with Crippen LogP contribution in [0.3, 0.4) is 0 Å². The Bertz CT molecular complexity index is 796. The molecule has 1 rings (SSSR count). The van der Waals surface area contributed by atoms with Gasteiger partial charge in [0.25, 0.3) is 0 Å². The van der Waals surface area contributed by atoms with Gasteiger partial charge < -0.3 is 14.9 Å². The third-order valence-electron chi connectivity index (χ3n) is 5.71. The van der Waals surface area contributed by atoms with E-state index >= 15 is 0 Å². The van der Waals surface area contributed by atoms with Gasteiger partial charge in [-0.15, -0.1) is 0 Å². The van der Waals surface area contributed by atoms with Crippen LogP contribution in [0.15, 0.2) is 29.4 Å². The van der Waals surface area contributed by atoms with Crippen molar-refractivity contribution in [2.75, 3.05) is 0 Å². The zero-order chi connectivity index (χ0) is 23.6. The zero-order valence-electron chi connectivity index (χ0n) is 20.6. The van der Waals surface area contributed by atoms with E-state index in [9.17, 15) is 15.0 Å². The lowest BCUT2D eigenvalue weighted by molar-refractivity contribution is -0.132. The fourth-order valence-electron chi connectivity index (χ4n) is 3.72. The number of hydrogen-bond donors (Lipinski definition) is 2. The summed E-state index contributed by atoms with van der Waals surface area (Å²) < 4.78 is 5.46. The van der Waals surface area contributed by atoms with Gasteiger partial charge in [0.05, 0.1) is 0 Å². The van der Waals surface area contributed by atoms with E-state index in [4.69, 9.17) is 4.74 Å². The molecule has 31 heavy (non-hydrogen) atoms. The van der Waals surface area contributed by atoms with Crippen molar-refractivity contribution in [1.29, 1.82) is 0 Å². The summed E-state index contributed by atoms with van der Waals surface area (Å²) in [6.45, 7) is 13.8. The highest BCUT2D eigenvalue weighted by atomic mass is 16.5. The number of carbonyl (C=O) groups is 1. The molecule has 0 aliphatic carbocycles. The van der Waals surface area contributed by atoms with Gasteiger partial charge in [-0.2, -0.15) is 0 Å². The van der Waals surface area contributed by atoms with Crippen LogP contribution in [0.1, 0.15) is 105 Å². The molecule has 2 N–H and O–H groups in total. The Kier molecular flexibility index (Phi) is 10.9. The molecule has 4 heteroatoms. The fraction of sp³-hybridized carbons (Fsp3) is 0.593. The standard InChI is InChI=1S/C27H42O4/c1-8-9-10-11-17-27(6,7)23-18-24(29)22(25(30)26(23)31-21(5)28)16-15-20(4)14-12-13-19(2)3/h13,15,18,29-30H,8-12,14,16-17H2,1-7H3/b20-15+. The van der Waals surface area contributed by atoms with Crippen LogP contribution in [0.25, 0.3) is 0 Å². The van der Waals surface area contributed by atoms with Gasteiger partial charge in [-0.1, -0.05) is 69.8 Å². The first-order valence-electron chi connectivity index (χ1n) is 11.5. The van der Waals surface area contributed by atoms with Crippen molar-refractivity contribution < 1.29 is 19.7 Å². The summed E-state index contributed by atoms with van der Waals surface area (Å²) in [4.78, 5) is 11.8. The van der Waals surface area contributed by atoms with Gasteiger partial charge in [-0.05, 0) is 57.9 Å². The predicted octanol–water partition coefficient (Wildman–Crippen LogP) is 7.51. The number of esters is 1. The third kappa shape index (κ3) is 8.80. The van der Waals surface area contributed by atoms with Gasteiger partial charge in [-0.3, -0.25) is 4.79 Å². The molecular weight excluding hydrogens is 388 g/mol. The molecule has 0 bridgehead atoms. The van der Waals surface area contributed by atoms with Crippen molar-refractivity contribution in [1.82, 2.24) is 0 Å². The van der Waals surface area contributed by atoms with Crippen LogP contribution in [0.5, 0.6) is 17.2 Å². The highest BCUT2D eigenvalue weighted by molar-refractivity contribution is 5.73. The molecule has 0 saturated carbocycles. The molecular formula is C27H42O4. The number of carbonyl (C=O) groups excluding carboxylic acids is 1. The Morgan fingerprint density at radius 1 is 1.06 bits per heavy atom. The van der Waals surface area contributed by atoms with E-state index < -0.39 is 5.97 Å². The van der Waals surface area contributed by atoms with Crippen molar-refractivity contribution >= 4 is 5.97 Å². The summed E-state index contributed by atoms with van der Waals surface area (Å²) in [6.07, 6.45) is 11.9. The molecule has 0 heterocycles. The van der Waals surface area contributed by atoms with Gasteiger partial charge in [0, 0.05) is 18.1 Å². The molecule has 0 atom stereocenters. The van der Waals surface area contributed by atoms with Crippen molar-refractivity contribution in [2.24, 2.45) is 0 Å². The minimum Gasteiger partial charge on any atom is -0.508 e. The van der Waals surface area contributed by atoms with E-state index in [2.05, 4.69) is 40.7 Å². The molecule has 0 fully saturated rings. The number of rotatable bonds is 12. The van der Waals surface area contributed by atoms with Crippen molar-refractivity contribution in [2.45, 2.75) is 105 Å². The Morgan fingerprint density at radius 3 is 2.32 bits per heavy atom. The molecule has 174 valence electrons. The lowest BCUT2D eigenvalue weighted by Gasteiger charge is -2.28. The monoisotopic (exact) mass is 430 g/mol. The average Bonchev–Trinajstić information content (AvgIpc) is 2.66. The molecule has 0 unspecified atom stereocenters. The normalized spacial score (nSPS) is 12.0. The summed E-state index contributed by atoms with van der Waals surface area (Å²) in [5.41, 5.74) is 3.19. The van der Waals surface area contributed by atoms with Crippen LogP contribution in [0.4, 0.5) is 0 Å². The van der Waals surface area contributed by atoms with E-state index in [0.29, 0.717) is 17.5 Å². The second-order valence-electron chi connectivity index (χ2n) is 9.46. The molecule has 0 aliphatic rings. The van der Waals surface area contributed by atoms with E-state index in [1.54, 1.807) is 6.07 Å². The third-order valence-corrected chi connectivity index (χ3v) is 5.71. The zero-order valence-corrected chi connectivity index (χ0v) is 20.6. The Balaban J connectivity index is 3.21. The Labute approximate surface area is 189 Å². The molecule has 0 amide bonds. The maximum atomic E-state index is 11.8. The SMILES string of the molecule is CCCCCCC(C)(C)c1cc(O)c(C/C=C(\C)CCC=C(C)C)c(O)c1OC(C)=O. The number of hydrogen-bond acceptors (Lipinski definition) is 4. The van der Waals surface area contributed by atoms with Crippen LogP contribution >= 0.6 is 0 Å². The van der Waals surface area contributed by atoms with Gasteiger partial charge in [-0.25, -0.2) is 0 Å². The van der Waals surface area contributed by atoms with Gasteiger partial charge in [0.2, 0.25) is 0 Å². The first-order valence-corrected chi connectivity index (χ1v) is 11.5. The first-order chi connectivity index (χ1) is 14.5. The quantitative estimate of drug-likeness (QED) is 0.156. The van der Waals surface area contributed by atoms with Crippen LogP contribution in [-0.4, -0.2) is 16.2 Å². The minimum absolute atomic E-state index is 0.0402. The second kappa shape index (κ2) is 12.6. The lowest BCUT2D eigenvalue weighted by atomic mass is 9.78. The van der Waals surface area contributed by atoms with Gasteiger partial charge in [0.15, 0.2) is 11.5 Å². The van der Waals surface area contributed by atoms with Crippen LogP contribution in [0.2, 0.25) is 0 Å². The van der Waals surface area contributed by atoms with Crippen molar-refractivity contribution in [3.05, 3.63) is 40.5 Å². The summed E-state index contributed by atoms with van der Waals surface area (Å²) in [5, 5.41) is 21.7. The molecule has 0 saturated heterocycles. The number of phenols is 2. The van der Waals surface area contributed by atoms with E-state index in [0.717, 1.165) is 38.5 Å². The van der Waals surface area contributed by atoms with Crippen molar-refractivity contribution in [3.8, 4) is 17.2 Å². The van der Waals surface area contributed by atoms with Crippen LogP contribution in [0, 0.1) is 0 Å². The highest BCUT2D eigenvalue weighted by Crippen LogP contribution is 2.46. The van der Waals surface area contributed by atoms with E-state index in [-0.39, 0.29) is 22.7 Å². The number of phenolic OH excluding ortho intramolecular Hbond substituents is 2. The average molecular weight is 431 g/mol. The van der Waals surface area contributed by atoms with Crippen molar-refractivity contribution in [3.63, 3.8) is 0 Å². The van der Waals surface area contributed by atoms with Crippen LogP contribution < -0.4 is 4.74 Å². The summed E-state index contributed by atoms with van der Waals surface area (Å²) in [7, 11) is 0. The van der Waals surface area contributed by atoms with Gasteiger partial charge in [0.1, 0.15) is 5.75 Å². The molecule has 4 nitrogen and oxygen atoms in total. The molecule has 0 aliphatic heterocycles. The van der Waals surface area contributed by atoms with Gasteiger partial charge >= 0.3 is 5.97 Å². The lowest BCUT2D eigenvalue weighted by Crippen LogP contribution is -2.20. The minimum atomic E-state index is -0.483. The smallest absolute Gasteiger partial charge is 0.308 e. The first kappa shape index (κ1) is 26.8. The van der Waals surface area contributed by atoms with E-state index in [1.807, 2.05) is 13.0 Å². The Morgan fingerprint density at radius 2 is 1.74 bits per heavy atom. The molecule has 0 spiro atoms. The molecule has 0 radical (unpaired) electrons. The second-order valence-corrected chi connectivity index (χ2v) is 9.46. The molecule has 0 aromatic heterocycles. The maximum absolute atomic E-state index is 11.8. The molecule has 1 aromatic carbocycles. The van der Waals surface area contributed by atoms with E-state index in [1.165, 1.54) is 24.5 Å². The number of aromatic hydroxyl groups is 2. The largest absolute Gasteiger partial charge is 0.508 e. The summed E-state index contributed by atoms with van der Waals surface area (Å²) in [6, 6.07) is 1.67. The Hall–Kier alpha value is -2.23. The molecule has 1 aromatic rings. The van der Waals surface area contributed by atoms with Crippen LogP contribution in [-0.2, 0) is 16.6 Å². The number of benzene rings is 1. The number of unbranched alkanes of at least 4 members (excludes halogenated alkanes) is 3. The predicted molar refractivity (Wildman–Crippen MR) is 129 cm³/mol. The summed E-state index contributed by atoms with van der Waals surface area (Å²) >= 11 is 0. The topological polar surface area (TPSA) is 66.8 Å². The number of allylic oxidation sites excluding steroid dienone is 4. The number of ether oxygens (including phenoxy) is 1. The maximum Gasteiger partial charge on any atom is 0.308 e.